The van der Waals surface area contributed by atoms with Crippen molar-refractivity contribution in [2.24, 2.45) is 0 Å². The molecule has 0 bridgehead atoms. The molecule has 1 aromatic heterocycles. The summed E-state index contributed by atoms with van der Waals surface area (Å²) < 4.78 is 0. The van der Waals surface area contributed by atoms with E-state index in [0.717, 1.165) is 26.1 Å². The maximum Gasteiger partial charge on any atom is 0.0414 e. The first-order chi connectivity index (χ1) is 10.3. The quantitative estimate of drug-likeness (QED) is 0.751. The van der Waals surface area contributed by atoms with Crippen LogP contribution in [0.2, 0.25) is 0 Å². The van der Waals surface area contributed by atoms with E-state index < -0.39 is 0 Å². The van der Waals surface area contributed by atoms with Crippen molar-refractivity contribution < 1.29 is 0 Å². The first-order valence-electron chi connectivity index (χ1n) is 7.89. The molecular formula is C18H26N2S. The van der Waals surface area contributed by atoms with Crippen LogP contribution in [0.25, 0.3) is 0 Å². The van der Waals surface area contributed by atoms with Crippen molar-refractivity contribution in [1.82, 2.24) is 5.32 Å². The molecule has 2 aromatic rings. The summed E-state index contributed by atoms with van der Waals surface area (Å²) in [6.45, 7) is 9.68. The lowest BCUT2D eigenvalue weighted by Gasteiger charge is -2.21. The van der Waals surface area contributed by atoms with E-state index >= 15 is 0 Å². The molecule has 0 saturated carbocycles. The zero-order valence-corrected chi connectivity index (χ0v) is 14.1. The molecule has 1 heterocycles. The van der Waals surface area contributed by atoms with Crippen molar-refractivity contribution in [2.75, 3.05) is 18.0 Å². The van der Waals surface area contributed by atoms with Crippen molar-refractivity contribution in [1.29, 1.82) is 0 Å². The topological polar surface area (TPSA) is 15.3 Å². The molecule has 3 heteroatoms. The number of thiophene rings is 1. The van der Waals surface area contributed by atoms with Crippen LogP contribution in [-0.4, -0.2) is 13.1 Å². The molecule has 114 valence electrons. The number of nitrogens with one attached hydrogen (secondary N) is 1. The van der Waals surface area contributed by atoms with Crippen LogP contribution >= 0.6 is 11.3 Å². The summed E-state index contributed by atoms with van der Waals surface area (Å²) in [5, 5.41) is 5.81. The van der Waals surface area contributed by atoms with Gasteiger partial charge in [-0.05, 0) is 49.4 Å². The molecule has 0 aliphatic rings. The molecule has 1 atom stereocenters. The maximum atomic E-state index is 3.66. The van der Waals surface area contributed by atoms with E-state index in [-0.39, 0.29) is 0 Å². The Hall–Kier alpha value is -1.32. The SMILES string of the molecule is CCC(NCc1ccc(N(CC)CC)cc1)c1cccs1. The zero-order chi connectivity index (χ0) is 15.1. The second kappa shape index (κ2) is 8.20. The van der Waals surface area contributed by atoms with Crippen LogP contribution < -0.4 is 10.2 Å². The average Bonchev–Trinajstić information content (AvgIpc) is 3.05. The Labute approximate surface area is 132 Å². The molecule has 0 aliphatic carbocycles. The fourth-order valence-electron chi connectivity index (χ4n) is 2.59. The Morgan fingerprint density at radius 3 is 2.29 bits per heavy atom. The van der Waals surface area contributed by atoms with E-state index in [2.05, 4.69) is 72.8 Å². The molecule has 0 spiro atoms. The van der Waals surface area contributed by atoms with Gasteiger partial charge in [0, 0.05) is 36.2 Å². The standard InChI is InChI=1S/C18H26N2S/c1-4-17(18-8-7-13-21-18)19-14-15-9-11-16(12-10-15)20(5-2)6-3/h7-13,17,19H,4-6,14H2,1-3H3. The number of hydrogen-bond acceptors (Lipinski definition) is 3. The van der Waals surface area contributed by atoms with Gasteiger partial charge in [-0.15, -0.1) is 11.3 Å². The van der Waals surface area contributed by atoms with E-state index in [0.29, 0.717) is 6.04 Å². The van der Waals surface area contributed by atoms with Gasteiger partial charge in [-0.2, -0.15) is 0 Å². The summed E-state index contributed by atoms with van der Waals surface area (Å²) in [6, 6.07) is 13.8. The van der Waals surface area contributed by atoms with Crippen LogP contribution in [0.1, 0.15) is 43.7 Å². The minimum absolute atomic E-state index is 0.465. The molecule has 1 aromatic carbocycles. The van der Waals surface area contributed by atoms with Gasteiger partial charge in [-0.1, -0.05) is 25.1 Å². The normalized spacial score (nSPS) is 12.3. The third-order valence-corrected chi connectivity index (χ3v) is 4.90. The van der Waals surface area contributed by atoms with Gasteiger partial charge in [0.2, 0.25) is 0 Å². The lowest BCUT2D eigenvalue weighted by Crippen LogP contribution is -2.22. The summed E-state index contributed by atoms with van der Waals surface area (Å²) in [5.41, 5.74) is 2.66. The number of benzene rings is 1. The van der Waals surface area contributed by atoms with Gasteiger partial charge in [-0.3, -0.25) is 0 Å². The van der Waals surface area contributed by atoms with Gasteiger partial charge in [0.05, 0.1) is 0 Å². The van der Waals surface area contributed by atoms with E-state index in [1.54, 1.807) is 0 Å². The van der Waals surface area contributed by atoms with Crippen molar-refractivity contribution >= 4 is 17.0 Å². The minimum atomic E-state index is 0.465. The lowest BCUT2D eigenvalue weighted by atomic mass is 10.1. The molecule has 0 saturated heterocycles. The van der Waals surface area contributed by atoms with Crippen LogP contribution in [0.4, 0.5) is 5.69 Å². The molecule has 0 amide bonds. The van der Waals surface area contributed by atoms with E-state index in [9.17, 15) is 0 Å². The van der Waals surface area contributed by atoms with E-state index in [4.69, 9.17) is 0 Å². The Kier molecular flexibility index (Phi) is 6.27. The van der Waals surface area contributed by atoms with E-state index in [1.165, 1.54) is 16.1 Å². The molecule has 0 radical (unpaired) electrons. The Morgan fingerprint density at radius 2 is 1.76 bits per heavy atom. The molecule has 0 aliphatic heterocycles. The highest BCUT2D eigenvalue weighted by Gasteiger charge is 2.09. The predicted octanol–water partition coefficient (Wildman–Crippen LogP) is 4.84. The molecule has 2 rings (SSSR count). The Morgan fingerprint density at radius 1 is 1.05 bits per heavy atom. The first kappa shape index (κ1) is 16.1. The molecule has 0 fully saturated rings. The van der Waals surface area contributed by atoms with Crippen LogP contribution in [0.15, 0.2) is 41.8 Å². The highest BCUT2D eigenvalue weighted by molar-refractivity contribution is 7.10. The molecule has 2 nitrogen and oxygen atoms in total. The van der Waals surface area contributed by atoms with Crippen molar-refractivity contribution in [2.45, 2.75) is 39.8 Å². The van der Waals surface area contributed by atoms with Crippen molar-refractivity contribution in [3.63, 3.8) is 0 Å². The average molecular weight is 302 g/mol. The number of rotatable bonds is 8. The van der Waals surface area contributed by atoms with Gasteiger partial charge >= 0.3 is 0 Å². The van der Waals surface area contributed by atoms with Gasteiger partial charge in [0.15, 0.2) is 0 Å². The Bertz CT molecular complexity index is 501. The summed E-state index contributed by atoms with van der Waals surface area (Å²) in [5.74, 6) is 0. The van der Waals surface area contributed by atoms with E-state index in [1.807, 2.05) is 11.3 Å². The fourth-order valence-corrected chi connectivity index (χ4v) is 3.48. The third-order valence-electron chi connectivity index (χ3n) is 3.91. The highest BCUT2D eigenvalue weighted by atomic mass is 32.1. The van der Waals surface area contributed by atoms with Gasteiger partial charge in [0.25, 0.3) is 0 Å². The van der Waals surface area contributed by atoms with Crippen LogP contribution in [-0.2, 0) is 6.54 Å². The summed E-state index contributed by atoms with van der Waals surface area (Å²) >= 11 is 1.83. The largest absolute Gasteiger partial charge is 0.372 e. The second-order valence-corrected chi connectivity index (χ2v) is 6.18. The molecule has 1 N–H and O–H groups in total. The number of anilines is 1. The van der Waals surface area contributed by atoms with Crippen molar-refractivity contribution in [3.05, 3.63) is 52.2 Å². The summed E-state index contributed by atoms with van der Waals surface area (Å²) in [4.78, 5) is 3.80. The van der Waals surface area contributed by atoms with Crippen molar-refractivity contribution in [3.8, 4) is 0 Å². The highest BCUT2D eigenvalue weighted by Crippen LogP contribution is 2.22. The monoisotopic (exact) mass is 302 g/mol. The van der Waals surface area contributed by atoms with Gasteiger partial charge in [-0.25, -0.2) is 0 Å². The number of nitrogens with zero attached hydrogens (tertiary/aromatic N) is 1. The molecule has 1 unspecified atom stereocenters. The third kappa shape index (κ3) is 4.32. The number of hydrogen-bond donors (Lipinski definition) is 1. The first-order valence-corrected chi connectivity index (χ1v) is 8.77. The van der Waals surface area contributed by atoms with Gasteiger partial charge in [0.1, 0.15) is 0 Å². The summed E-state index contributed by atoms with van der Waals surface area (Å²) in [7, 11) is 0. The zero-order valence-electron chi connectivity index (χ0n) is 13.3. The fraction of sp³-hybridized carbons (Fsp3) is 0.444. The van der Waals surface area contributed by atoms with Crippen LogP contribution in [0.3, 0.4) is 0 Å². The maximum absolute atomic E-state index is 3.66. The Balaban J connectivity index is 1.94. The smallest absolute Gasteiger partial charge is 0.0414 e. The minimum Gasteiger partial charge on any atom is -0.372 e. The summed E-state index contributed by atoms with van der Waals surface area (Å²) in [6.07, 6.45) is 1.12. The van der Waals surface area contributed by atoms with Crippen LogP contribution in [0, 0.1) is 0 Å². The van der Waals surface area contributed by atoms with Crippen LogP contribution in [0.5, 0.6) is 0 Å². The lowest BCUT2D eigenvalue weighted by molar-refractivity contribution is 0.526. The van der Waals surface area contributed by atoms with Gasteiger partial charge < -0.3 is 10.2 Å². The second-order valence-electron chi connectivity index (χ2n) is 5.20. The predicted molar refractivity (Wildman–Crippen MR) is 94.2 cm³/mol. The molecular weight excluding hydrogens is 276 g/mol. The molecule has 21 heavy (non-hydrogen) atoms.